The first-order valence-corrected chi connectivity index (χ1v) is 10.3. The van der Waals surface area contributed by atoms with E-state index in [2.05, 4.69) is 17.1 Å². The molecule has 0 saturated carbocycles. The Morgan fingerprint density at radius 2 is 1.68 bits per heavy atom. The van der Waals surface area contributed by atoms with Crippen molar-refractivity contribution >= 4 is 34.6 Å². The maximum atomic E-state index is 12.6. The summed E-state index contributed by atoms with van der Waals surface area (Å²) in [6.45, 7) is 6.33. The number of nitrogens with zero attached hydrogens (tertiary/aromatic N) is 2. The van der Waals surface area contributed by atoms with Crippen LogP contribution in [0.5, 0.6) is 0 Å². The Labute approximate surface area is 169 Å². The van der Waals surface area contributed by atoms with E-state index in [4.69, 9.17) is 0 Å². The predicted octanol–water partition coefficient (Wildman–Crippen LogP) is 2.91. The quantitative estimate of drug-likeness (QED) is 0.759. The summed E-state index contributed by atoms with van der Waals surface area (Å²) in [5.41, 5.74) is 1.98. The van der Waals surface area contributed by atoms with Gasteiger partial charge in [0, 0.05) is 31.9 Å². The van der Waals surface area contributed by atoms with Gasteiger partial charge in [-0.2, -0.15) is 0 Å². The minimum Gasteiger partial charge on any atom is -0.335 e. The molecule has 1 aromatic heterocycles. The Balaban J connectivity index is 1.50. The molecule has 0 unspecified atom stereocenters. The number of thiophene rings is 1. The third-order valence-corrected chi connectivity index (χ3v) is 6.04. The molecule has 1 fully saturated rings. The maximum absolute atomic E-state index is 12.6. The van der Waals surface area contributed by atoms with E-state index >= 15 is 0 Å². The van der Waals surface area contributed by atoms with Gasteiger partial charge in [0.2, 0.25) is 5.91 Å². The first-order valence-electron chi connectivity index (χ1n) is 9.48. The first-order chi connectivity index (χ1) is 13.5. The van der Waals surface area contributed by atoms with E-state index in [0.29, 0.717) is 42.5 Å². The Morgan fingerprint density at radius 3 is 2.32 bits per heavy atom. The molecule has 1 aromatic carbocycles. The molecule has 1 N–H and O–H groups in total. The molecule has 2 amide bonds. The number of anilines is 1. The Hall–Kier alpha value is -2.51. The molecule has 2 aromatic rings. The highest BCUT2D eigenvalue weighted by atomic mass is 32.1. The molecule has 1 aliphatic rings. The predicted molar refractivity (Wildman–Crippen MR) is 111 cm³/mol. The van der Waals surface area contributed by atoms with Crippen molar-refractivity contribution in [2.45, 2.75) is 20.3 Å². The maximum Gasteiger partial charge on any atom is 0.264 e. The molecule has 0 atom stereocenters. The van der Waals surface area contributed by atoms with Crippen molar-refractivity contribution in [2.75, 3.05) is 38.0 Å². The van der Waals surface area contributed by atoms with Crippen LogP contribution in [0, 0.1) is 0 Å². The fourth-order valence-electron chi connectivity index (χ4n) is 3.25. The first kappa shape index (κ1) is 20.2. The summed E-state index contributed by atoms with van der Waals surface area (Å²) in [7, 11) is 0. The highest BCUT2D eigenvalue weighted by Crippen LogP contribution is 2.20. The van der Waals surface area contributed by atoms with Gasteiger partial charge < -0.3 is 10.2 Å². The van der Waals surface area contributed by atoms with Crippen molar-refractivity contribution in [3.63, 3.8) is 0 Å². The van der Waals surface area contributed by atoms with Crippen LogP contribution in [0.15, 0.2) is 36.4 Å². The number of hydrogen-bond acceptors (Lipinski definition) is 5. The molecule has 0 bridgehead atoms. The average molecular weight is 400 g/mol. The van der Waals surface area contributed by atoms with Gasteiger partial charge in [0.25, 0.3) is 5.91 Å². The monoisotopic (exact) mass is 399 g/mol. The van der Waals surface area contributed by atoms with E-state index in [0.717, 1.165) is 17.7 Å². The molecule has 1 saturated heterocycles. The fourth-order valence-corrected chi connectivity index (χ4v) is 4.12. The Morgan fingerprint density at radius 1 is 1.00 bits per heavy atom. The molecule has 28 heavy (non-hydrogen) atoms. The van der Waals surface area contributed by atoms with E-state index in [-0.39, 0.29) is 17.6 Å². The lowest BCUT2D eigenvalue weighted by atomic mass is 10.1. The van der Waals surface area contributed by atoms with Crippen LogP contribution in [-0.2, 0) is 11.2 Å². The van der Waals surface area contributed by atoms with Crippen molar-refractivity contribution in [1.29, 1.82) is 0 Å². The highest BCUT2D eigenvalue weighted by Gasteiger charge is 2.24. The minimum atomic E-state index is -0.0431. The number of hydrogen-bond donors (Lipinski definition) is 1. The lowest BCUT2D eigenvalue weighted by Gasteiger charge is -2.34. The van der Waals surface area contributed by atoms with Crippen molar-refractivity contribution in [1.82, 2.24) is 9.80 Å². The van der Waals surface area contributed by atoms with Gasteiger partial charge in [0.05, 0.1) is 16.3 Å². The number of para-hydroxylation sites is 1. The number of Topliss-reactive ketones (excluding diaryl/α,β-unsaturated/α-hetero) is 1. The lowest BCUT2D eigenvalue weighted by molar-refractivity contribution is -0.117. The van der Waals surface area contributed by atoms with Crippen molar-refractivity contribution < 1.29 is 14.4 Å². The van der Waals surface area contributed by atoms with Crippen LogP contribution in [-0.4, -0.2) is 60.1 Å². The van der Waals surface area contributed by atoms with Crippen LogP contribution in [0.4, 0.5) is 5.69 Å². The molecule has 0 spiro atoms. The largest absolute Gasteiger partial charge is 0.335 e. The van der Waals surface area contributed by atoms with E-state index in [9.17, 15) is 14.4 Å². The van der Waals surface area contributed by atoms with Crippen LogP contribution in [0.3, 0.4) is 0 Å². The van der Waals surface area contributed by atoms with Crippen LogP contribution in [0.25, 0.3) is 0 Å². The smallest absolute Gasteiger partial charge is 0.264 e. The lowest BCUT2D eigenvalue weighted by Crippen LogP contribution is -2.50. The van der Waals surface area contributed by atoms with Gasteiger partial charge in [-0.25, -0.2) is 0 Å². The second-order valence-electron chi connectivity index (χ2n) is 6.85. The fraction of sp³-hybridized carbons (Fsp3) is 0.381. The number of carbonyl (C=O) groups is 3. The number of nitrogens with one attached hydrogen (secondary N) is 1. The van der Waals surface area contributed by atoms with Gasteiger partial charge in [-0.15, -0.1) is 11.3 Å². The van der Waals surface area contributed by atoms with Crippen LogP contribution in [0.1, 0.15) is 38.8 Å². The van der Waals surface area contributed by atoms with Gasteiger partial charge in [-0.05, 0) is 37.1 Å². The molecule has 0 aliphatic carbocycles. The van der Waals surface area contributed by atoms with Crippen LogP contribution < -0.4 is 5.32 Å². The third-order valence-electron chi connectivity index (χ3n) is 4.86. The zero-order valence-electron chi connectivity index (χ0n) is 16.2. The second kappa shape index (κ2) is 9.12. The van der Waals surface area contributed by atoms with Gasteiger partial charge in [-0.3, -0.25) is 19.3 Å². The third kappa shape index (κ3) is 4.85. The Kier molecular flexibility index (Phi) is 6.59. The summed E-state index contributed by atoms with van der Waals surface area (Å²) >= 11 is 1.24. The number of amides is 2. The van der Waals surface area contributed by atoms with E-state index in [1.165, 1.54) is 18.3 Å². The minimum absolute atomic E-state index is 0.0236. The molecule has 2 heterocycles. The topological polar surface area (TPSA) is 69.7 Å². The van der Waals surface area contributed by atoms with Gasteiger partial charge in [0.1, 0.15) is 0 Å². The Bertz CT molecular complexity index is 869. The number of aryl methyl sites for hydroxylation is 1. The summed E-state index contributed by atoms with van der Waals surface area (Å²) in [5.74, 6) is -0.104. The molecular weight excluding hydrogens is 374 g/mol. The number of carbonyl (C=O) groups excluding carboxylic acids is 3. The van der Waals surface area contributed by atoms with Gasteiger partial charge in [-0.1, -0.05) is 25.1 Å². The zero-order chi connectivity index (χ0) is 20.1. The molecule has 3 rings (SSSR count). The summed E-state index contributed by atoms with van der Waals surface area (Å²) in [6.07, 6.45) is 0.866. The second-order valence-corrected chi connectivity index (χ2v) is 7.93. The molecule has 0 radical (unpaired) electrons. The molecule has 6 nitrogen and oxygen atoms in total. The number of rotatable bonds is 6. The number of ketones is 1. The average Bonchev–Trinajstić information content (AvgIpc) is 3.19. The van der Waals surface area contributed by atoms with Crippen LogP contribution in [0.2, 0.25) is 0 Å². The van der Waals surface area contributed by atoms with Crippen molar-refractivity contribution in [3.05, 3.63) is 51.7 Å². The standard InChI is InChI=1S/C21H25N3O3S/c1-3-16-6-4-5-7-17(16)22-20(26)14-23-10-12-24(13-11-23)21(27)19-9-8-18(28-19)15(2)25/h4-9H,3,10-14H2,1-2H3,(H,22,26). The summed E-state index contributed by atoms with van der Waals surface area (Å²) in [4.78, 5) is 41.4. The van der Waals surface area contributed by atoms with Gasteiger partial charge >= 0.3 is 0 Å². The summed E-state index contributed by atoms with van der Waals surface area (Å²) < 4.78 is 0. The normalized spacial score (nSPS) is 14.7. The zero-order valence-corrected chi connectivity index (χ0v) is 17.1. The molecular formula is C21H25N3O3S. The number of benzene rings is 1. The molecule has 148 valence electrons. The summed E-state index contributed by atoms with van der Waals surface area (Å²) in [6, 6.07) is 11.2. The molecule has 7 heteroatoms. The van der Waals surface area contributed by atoms with E-state index in [1.807, 2.05) is 24.3 Å². The summed E-state index contributed by atoms with van der Waals surface area (Å²) in [5, 5.41) is 2.99. The van der Waals surface area contributed by atoms with Crippen LogP contribution >= 0.6 is 11.3 Å². The highest BCUT2D eigenvalue weighted by molar-refractivity contribution is 7.15. The molecule has 1 aliphatic heterocycles. The van der Waals surface area contributed by atoms with Crippen molar-refractivity contribution in [3.8, 4) is 0 Å². The van der Waals surface area contributed by atoms with Crippen molar-refractivity contribution in [2.24, 2.45) is 0 Å². The van der Waals surface area contributed by atoms with Gasteiger partial charge in [0.15, 0.2) is 5.78 Å². The van der Waals surface area contributed by atoms with E-state index in [1.54, 1.807) is 17.0 Å². The SMILES string of the molecule is CCc1ccccc1NC(=O)CN1CCN(C(=O)c2ccc(C(C)=O)s2)CC1. The van der Waals surface area contributed by atoms with E-state index < -0.39 is 0 Å². The number of piperazine rings is 1.